The van der Waals surface area contributed by atoms with E-state index >= 15 is 4.39 Å². The number of fused-ring (bicyclic) bond motifs is 3. The van der Waals surface area contributed by atoms with Gasteiger partial charge in [0.1, 0.15) is 17.9 Å². The Morgan fingerprint density at radius 1 is 1.00 bits per heavy atom. The lowest BCUT2D eigenvalue weighted by atomic mass is 9.65. The fourth-order valence-corrected chi connectivity index (χ4v) is 9.66. The molecule has 2 N–H and O–H groups in total. The van der Waals surface area contributed by atoms with Gasteiger partial charge in [0, 0.05) is 51.3 Å². The molecule has 6 fully saturated rings. The zero-order chi connectivity index (χ0) is 34.4. The van der Waals surface area contributed by atoms with Gasteiger partial charge in [-0.15, -0.1) is 0 Å². The molecule has 49 heavy (non-hydrogen) atoms. The first-order valence-electron chi connectivity index (χ1n) is 18.7. The van der Waals surface area contributed by atoms with E-state index in [0.717, 1.165) is 32.4 Å². The molecule has 0 aromatic heterocycles. The van der Waals surface area contributed by atoms with Crippen molar-refractivity contribution in [1.29, 1.82) is 0 Å². The van der Waals surface area contributed by atoms with Crippen molar-refractivity contribution in [2.75, 3.05) is 45.9 Å². The minimum atomic E-state index is -1.49. The number of hydrogen-bond donors (Lipinski definition) is 2. The maximum absolute atomic E-state index is 16.3. The number of carbonyl (C=O) groups excluding carboxylic acids is 4. The summed E-state index contributed by atoms with van der Waals surface area (Å²) in [7, 11) is 0. The molecular weight excluding hydrogens is 633 g/mol. The van der Waals surface area contributed by atoms with Crippen LogP contribution >= 0.6 is 0 Å². The first kappa shape index (κ1) is 34.7. The number of ether oxygens (including phenoxy) is 3. The second-order valence-corrected chi connectivity index (χ2v) is 16.4. The molecule has 7 rings (SSSR count). The minimum Gasteiger partial charge on any atom is -0.444 e. The molecule has 3 aliphatic carbocycles. The fraction of sp³-hybridized carbons (Fsp3) is 0.833. The number of Topliss-reactive ketones (excluding diaryl/α,β-unsaturated/α-hetero) is 1. The predicted molar refractivity (Wildman–Crippen MR) is 177 cm³/mol. The van der Waals surface area contributed by atoms with Crippen LogP contribution in [0.1, 0.15) is 78.6 Å². The number of hydrogen-bond acceptors (Lipinski definition) is 9. The first-order valence-corrected chi connectivity index (χ1v) is 18.7. The molecule has 3 saturated carbocycles. The van der Waals surface area contributed by atoms with Crippen molar-refractivity contribution in [2.24, 2.45) is 17.8 Å². The van der Waals surface area contributed by atoms with Gasteiger partial charge in [-0.1, -0.05) is 25.7 Å². The molecule has 0 radical (unpaired) electrons. The summed E-state index contributed by atoms with van der Waals surface area (Å²) in [5.41, 5.74) is -0.554. The van der Waals surface area contributed by atoms with Gasteiger partial charge < -0.3 is 34.6 Å². The average molecular weight is 688 g/mol. The van der Waals surface area contributed by atoms with E-state index in [1.807, 2.05) is 0 Å². The Hall–Kier alpha value is -2.77. The third kappa shape index (κ3) is 7.35. The number of rotatable bonds is 6. The smallest absolute Gasteiger partial charge is 0.407 e. The van der Waals surface area contributed by atoms with Crippen LogP contribution < -0.4 is 10.6 Å². The lowest BCUT2D eigenvalue weighted by molar-refractivity contribution is -0.208. The van der Waals surface area contributed by atoms with Crippen molar-refractivity contribution in [3.8, 4) is 0 Å². The van der Waals surface area contributed by atoms with E-state index in [1.54, 1.807) is 31.9 Å². The van der Waals surface area contributed by atoms with E-state index in [9.17, 15) is 19.2 Å². The molecule has 7 aliphatic rings. The lowest BCUT2D eigenvalue weighted by Gasteiger charge is -2.60. The summed E-state index contributed by atoms with van der Waals surface area (Å²) in [6.07, 6.45) is 6.10. The summed E-state index contributed by atoms with van der Waals surface area (Å²) in [4.78, 5) is 59.9. The topological polar surface area (TPSA) is 130 Å². The number of carbonyl (C=O) groups is 4. The molecule has 0 aromatic rings. The van der Waals surface area contributed by atoms with Crippen molar-refractivity contribution in [2.45, 2.75) is 127 Å². The number of nitrogens with zero attached hydrogens (tertiary/aromatic N) is 3. The zero-order valence-electron chi connectivity index (χ0n) is 29.2. The van der Waals surface area contributed by atoms with E-state index in [4.69, 9.17) is 14.2 Å². The average Bonchev–Trinajstić information content (AvgIpc) is 3.53. The molecule has 0 spiro atoms. The molecule has 4 heterocycles. The molecule has 10 atom stereocenters. The molecule has 3 amide bonds. The monoisotopic (exact) mass is 687 g/mol. The summed E-state index contributed by atoms with van der Waals surface area (Å²) < 4.78 is 33.9. The lowest BCUT2D eigenvalue weighted by Crippen LogP contribution is -2.73. The number of likely N-dealkylation sites (tertiary alicyclic amines) is 1. The van der Waals surface area contributed by atoms with Crippen molar-refractivity contribution in [3.05, 3.63) is 11.8 Å². The Morgan fingerprint density at radius 3 is 2.47 bits per heavy atom. The highest BCUT2D eigenvalue weighted by Gasteiger charge is 2.60. The van der Waals surface area contributed by atoms with Crippen LogP contribution in [0.15, 0.2) is 11.8 Å². The van der Waals surface area contributed by atoms with Gasteiger partial charge in [0.05, 0.1) is 49.1 Å². The maximum Gasteiger partial charge on any atom is 0.407 e. The Kier molecular flexibility index (Phi) is 9.97. The second kappa shape index (κ2) is 14.1. The van der Waals surface area contributed by atoms with Gasteiger partial charge in [-0.25, -0.2) is 9.18 Å². The normalized spacial score (nSPS) is 37.7. The molecule has 13 heteroatoms. The largest absolute Gasteiger partial charge is 0.444 e. The SMILES string of the molecule is CC(C)(C)OC(=O)N[C@@H]1CCN(C(=O)C2=CN3C4CC5CCCCC5CC4OC4C(NC(=O)CCN5CCOCC5)C(F)CC(C2=O)C43)C1. The van der Waals surface area contributed by atoms with Crippen molar-refractivity contribution < 1.29 is 37.8 Å². The third-order valence-electron chi connectivity index (χ3n) is 12.0. The van der Waals surface area contributed by atoms with E-state index in [1.165, 1.54) is 19.3 Å². The van der Waals surface area contributed by atoms with E-state index in [0.29, 0.717) is 44.6 Å². The molecule has 272 valence electrons. The van der Waals surface area contributed by atoms with Crippen LogP contribution in [0.25, 0.3) is 0 Å². The van der Waals surface area contributed by atoms with Gasteiger partial charge in [0.2, 0.25) is 5.91 Å². The van der Waals surface area contributed by atoms with Gasteiger partial charge in [0.25, 0.3) is 5.91 Å². The fourth-order valence-electron chi connectivity index (χ4n) is 9.66. The number of nitrogens with one attached hydrogen (secondary N) is 2. The zero-order valence-corrected chi connectivity index (χ0v) is 29.2. The number of halogens is 1. The van der Waals surface area contributed by atoms with Gasteiger partial charge in [-0.05, 0) is 58.3 Å². The molecule has 9 unspecified atom stereocenters. The molecule has 12 nitrogen and oxygen atoms in total. The summed E-state index contributed by atoms with van der Waals surface area (Å²) in [5.74, 6) is -0.601. The number of ketones is 1. The predicted octanol–water partition coefficient (Wildman–Crippen LogP) is 2.55. The summed E-state index contributed by atoms with van der Waals surface area (Å²) in [6, 6.07) is -1.64. The van der Waals surface area contributed by atoms with Gasteiger partial charge in [0.15, 0.2) is 5.78 Å². The van der Waals surface area contributed by atoms with Crippen LogP contribution in [0.2, 0.25) is 0 Å². The highest BCUT2D eigenvalue weighted by molar-refractivity contribution is 6.20. The Bertz CT molecular complexity index is 1320. The first-order chi connectivity index (χ1) is 23.4. The third-order valence-corrected chi connectivity index (χ3v) is 12.0. The summed E-state index contributed by atoms with van der Waals surface area (Å²) in [6.45, 7) is 9.44. The number of alkyl carbamates (subject to hydrolysis) is 1. The van der Waals surface area contributed by atoms with Crippen LogP contribution in [0, 0.1) is 17.8 Å². The van der Waals surface area contributed by atoms with E-state index in [2.05, 4.69) is 20.4 Å². The van der Waals surface area contributed by atoms with E-state index < -0.39 is 42.0 Å². The van der Waals surface area contributed by atoms with Crippen molar-refractivity contribution >= 4 is 23.7 Å². The molecule has 4 aliphatic heterocycles. The Balaban J connectivity index is 1.11. The highest BCUT2D eigenvalue weighted by Crippen LogP contribution is 2.50. The quantitative estimate of drug-likeness (QED) is 0.405. The van der Waals surface area contributed by atoms with E-state index in [-0.39, 0.29) is 60.7 Å². The maximum atomic E-state index is 16.3. The van der Waals surface area contributed by atoms with Gasteiger partial charge >= 0.3 is 6.09 Å². The number of alkyl halides is 1. The molecule has 0 bridgehead atoms. The Morgan fingerprint density at radius 2 is 1.73 bits per heavy atom. The number of amides is 3. The molecular formula is C36H54FN5O7. The van der Waals surface area contributed by atoms with Gasteiger partial charge in [-0.2, -0.15) is 0 Å². The van der Waals surface area contributed by atoms with Crippen LogP contribution in [0.3, 0.4) is 0 Å². The summed E-state index contributed by atoms with van der Waals surface area (Å²) in [5, 5.41) is 5.85. The van der Waals surface area contributed by atoms with Crippen LogP contribution in [0.5, 0.6) is 0 Å². The second-order valence-electron chi connectivity index (χ2n) is 16.4. The number of morpholine rings is 2. The van der Waals surface area contributed by atoms with Crippen molar-refractivity contribution in [1.82, 2.24) is 25.3 Å². The Labute approximate surface area is 288 Å². The molecule has 3 saturated heterocycles. The van der Waals surface area contributed by atoms with Crippen LogP contribution in [-0.2, 0) is 28.6 Å². The molecule has 0 aromatic carbocycles. The standard InChI is InChI=1S/C36H54FN5O7/c1-36(2,3)49-35(46)38-23-8-11-41(19-23)34(45)25-20-42-27-16-21-6-4-5-7-22(21)17-28(27)48-33-30(26(37)18-24(31(33)42)32(25)44)39-29(43)9-10-40-12-14-47-15-13-40/h20-24,26-28,30-31,33H,4-19H2,1-3H3,(H,38,46)(H,39,43)/t21?,22?,23-,24?,26?,27?,28?,30?,31?,33?/m1/s1. The van der Waals surface area contributed by atoms with Crippen LogP contribution in [-0.4, -0.2) is 132 Å². The van der Waals surface area contributed by atoms with Gasteiger partial charge in [-0.3, -0.25) is 19.3 Å². The minimum absolute atomic E-state index is 0.0204. The highest BCUT2D eigenvalue weighted by atomic mass is 19.1. The van der Waals surface area contributed by atoms with Crippen molar-refractivity contribution in [3.63, 3.8) is 0 Å². The summed E-state index contributed by atoms with van der Waals surface area (Å²) >= 11 is 0. The van der Waals surface area contributed by atoms with Crippen LogP contribution in [0.4, 0.5) is 9.18 Å².